The van der Waals surface area contributed by atoms with Crippen molar-refractivity contribution in [1.29, 1.82) is 0 Å². The number of aliphatic hydroxyl groups is 1. The first-order valence-corrected chi connectivity index (χ1v) is 1.17. The van der Waals surface area contributed by atoms with E-state index in [4.69, 9.17) is 5.11 Å². The fourth-order valence-electron chi connectivity index (χ4n) is 0. The standard InChI is InChI=1S/C2H7NO.Ca.ClH.2H/c1-2(3)4;;;;/h2,4H,3H2,1H3;;1H;;/q;+2;;2*-1. The molecule has 0 aromatic heterocycles. The zero-order valence-electron chi connectivity index (χ0n) is 5.72. The van der Waals surface area contributed by atoms with Gasteiger partial charge in [0.25, 0.3) is 0 Å². The molecule has 4 heteroatoms. The molecule has 0 heterocycles. The average Bonchev–Trinajstić information content (AvgIpc) is 0.811. The van der Waals surface area contributed by atoms with E-state index in [1.54, 1.807) is 0 Å². The quantitative estimate of drug-likeness (QED) is 0.353. The SMILES string of the molecule is CC(N)O.Cl.[Ca+2].[H-].[H-]. The molecular formula is C2H10CaClNO. The van der Waals surface area contributed by atoms with Gasteiger partial charge in [-0.05, 0) is 6.92 Å². The maximum Gasteiger partial charge on any atom is 2.00 e. The van der Waals surface area contributed by atoms with Gasteiger partial charge in [-0.25, -0.2) is 0 Å². The minimum Gasteiger partial charge on any atom is -1.00 e. The van der Waals surface area contributed by atoms with Crippen molar-refractivity contribution in [2.45, 2.75) is 13.2 Å². The molecule has 0 rings (SSSR count). The van der Waals surface area contributed by atoms with Crippen molar-refractivity contribution in [3.05, 3.63) is 0 Å². The zero-order valence-corrected chi connectivity index (χ0v) is 6.74. The monoisotopic (exact) mass is 139 g/mol. The summed E-state index contributed by atoms with van der Waals surface area (Å²) < 4.78 is 0. The second-order valence-electron chi connectivity index (χ2n) is 0.741. The fraction of sp³-hybridized carbons (Fsp3) is 1.00. The predicted octanol–water partition coefficient (Wildman–Crippen LogP) is -0.451. The molecule has 0 spiro atoms. The largest absolute Gasteiger partial charge is 2.00 e. The predicted molar refractivity (Wildman–Crippen MR) is 31.1 cm³/mol. The Morgan fingerprint density at radius 1 is 1.83 bits per heavy atom. The van der Waals surface area contributed by atoms with Crippen LogP contribution < -0.4 is 5.73 Å². The van der Waals surface area contributed by atoms with Crippen LogP contribution in [0.1, 0.15) is 9.78 Å². The molecule has 0 aromatic rings. The Bertz CT molecular complexity index is 24.8. The van der Waals surface area contributed by atoms with E-state index in [-0.39, 0.29) is 53.0 Å². The van der Waals surface area contributed by atoms with E-state index in [0.29, 0.717) is 0 Å². The van der Waals surface area contributed by atoms with E-state index >= 15 is 0 Å². The van der Waals surface area contributed by atoms with Gasteiger partial charge in [0.1, 0.15) is 0 Å². The number of aliphatic hydroxyl groups excluding tert-OH is 1. The van der Waals surface area contributed by atoms with Crippen LogP contribution in [0.5, 0.6) is 0 Å². The second kappa shape index (κ2) is 9.69. The molecule has 0 bridgehead atoms. The molecule has 0 fully saturated rings. The van der Waals surface area contributed by atoms with E-state index < -0.39 is 6.23 Å². The second-order valence-corrected chi connectivity index (χ2v) is 0.741. The average molecular weight is 140 g/mol. The fourth-order valence-corrected chi connectivity index (χ4v) is 0. The molecule has 0 radical (unpaired) electrons. The van der Waals surface area contributed by atoms with Gasteiger partial charge in [-0.15, -0.1) is 12.4 Å². The Morgan fingerprint density at radius 3 is 1.83 bits per heavy atom. The molecular weight excluding hydrogens is 130 g/mol. The first-order valence-electron chi connectivity index (χ1n) is 1.17. The number of hydrogen-bond acceptors (Lipinski definition) is 2. The van der Waals surface area contributed by atoms with E-state index in [2.05, 4.69) is 5.73 Å². The van der Waals surface area contributed by atoms with Gasteiger partial charge < -0.3 is 13.7 Å². The van der Waals surface area contributed by atoms with Crippen LogP contribution >= 0.6 is 12.4 Å². The molecule has 0 aliphatic rings. The summed E-state index contributed by atoms with van der Waals surface area (Å²) in [5.41, 5.74) is 4.67. The van der Waals surface area contributed by atoms with Gasteiger partial charge in [0.2, 0.25) is 0 Å². The van der Waals surface area contributed by atoms with Gasteiger partial charge in [-0.2, -0.15) is 0 Å². The van der Waals surface area contributed by atoms with E-state index in [0.717, 1.165) is 0 Å². The molecule has 0 aliphatic carbocycles. The maximum absolute atomic E-state index is 7.83. The van der Waals surface area contributed by atoms with Crippen LogP contribution in [-0.2, 0) is 0 Å². The summed E-state index contributed by atoms with van der Waals surface area (Å²) in [6.07, 6.45) is -0.667. The Labute approximate surface area is 76.5 Å². The summed E-state index contributed by atoms with van der Waals surface area (Å²) >= 11 is 0. The van der Waals surface area contributed by atoms with Crippen LogP contribution in [0.3, 0.4) is 0 Å². The van der Waals surface area contributed by atoms with Crippen LogP contribution in [0.2, 0.25) is 0 Å². The molecule has 0 saturated carbocycles. The van der Waals surface area contributed by atoms with E-state index in [1.807, 2.05) is 0 Å². The Hall–Kier alpha value is 1.47. The smallest absolute Gasteiger partial charge is 1.00 e. The molecule has 0 aromatic carbocycles. The van der Waals surface area contributed by atoms with E-state index in [1.165, 1.54) is 6.92 Å². The van der Waals surface area contributed by atoms with Crippen molar-refractivity contribution in [1.82, 2.24) is 0 Å². The van der Waals surface area contributed by atoms with Crippen LogP contribution in [0.15, 0.2) is 0 Å². The Balaban J connectivity index is -0.00000000750. The van der Waals surface area contributed by atoms with Gasteiger partial charge in [-0.3, -0.25) is 0 Å². The Kier molecular flexibility index (Phi) is 25.3. The third kappa shape index (κ3) is 50.6. The summed E-state index contributed by atoms with van der Waals surface area (Å²) in [6.45, 7) is 1.50. The summed E-state index contributed by atoms with van der Waals surface area (Å²) in [7, 11) is 0. The number of nitrogens with two attached hydrogens (primary N) is 1. The molecule has 38 valence electrons. The molecule has 2 nitrogen and oxygen atoms in total. The Morgan fingerprint density at radius 2 is 1.83 bits per heavy atom. The topological polar surface area (TPSA) is 46.2 Å². The van der Waals surface area contributed by atoms with Gasteiger partial charge in [0.15, 0.2) is 0 Å². The van der Waals surface area contributed by atoms with E-state index in [9.17, 15) is 0 Å². The van der Waals surface area contributed by atoms with Gasteiger partial charge in [0.05, 0.1) is 6.23 Å². The minimum atomic E-state index is -0.667. The molecule has 3 N–H and O–H groups in total. The van der Waals surface area contributed by atoms with Crippen molar-refractivity contribution >= 4 is 50.1 Å². The molecule has 1 unspecified atom stereocenters. The van der Waals surface area contributed by atoms with Gasteiger partial charge in [0, 0.05) is 0 Å². The van der Waals surface area contributed by atoms with Crippen molar-refractivity contribution in [2.75, 3.05) is 0 Å². The maximum atomic E-state index is 7.83. The molecule has 1 atom stereocenters. The normalized spacial score (nSPS) is 10.5. The van der Waals surface area contributed by atoms with Gasteiger partial charge >= 0.3 is 37.7 Å². The number of hydrogen-bond donors (Lipinski definition) is 2. The van der Waals surface area contributed by atoms with Gasteiger partial charge in [-0.1, -0.05) is 0 Å². The molecule has 6 heavy (non-hydrogen) atoms. The van der Waals surface area contributed by atoms with Crippen LogP contribution in [0.25, 0.3) is 0 Å². The molecule has 0 amide bonds. The van der Waals surface area contributed by atoms with Crippen LogP contribution in [0.4, 0.5) is 0 Å². The number of halogens is 1. The summed E-state index contributed by atoms with van der Waals surface area (Å²) in [4.78, 5) is 0. The third-order valence-electron chi connectivity index (χ3n) is 0. The first-order chi connectivity index (χ1) is 1.73. The molecule has 0 saturated heterocycles. The summed E-state index contributed by atoms with van der Waals surface area (Å²) in [5.74, 6) is 0. The van der Waals surface area contributed by atoms with Crippen LogP contribution in [0, 0.1) is 0 Å². The van der Waals surface area contributed by atoms with Crippen molar-refractivity contribution in [2.24, 2.45) is 5.73 Å². The number of rotatable bonds is 0. The third-order valence-corrected chi connectivity index (χ3v) is 0. The summed E-state index contributed by atoms with van der Waals surface area (Å²) in [6, 6.07) is 0. The van der Waals surface area contributed by atoms with Crippen molar-refractivity contribution in [3.8, 4) is 0 Å². The van der Waals surface area contributed by atoms with Crippen molar-refractivity contribution in [3.63, 3.8) is 0 Å². The minimum absolute atomic E-state index is 0. The first kappa shape index (κ1) is 15.7. The van der Waals surface area contributed by atoms with Crippen LogP contribution in [-0.4, -0.2) is 49.1 Å². The zero-order chi connectivity index (χ0) is 3.58. The summed E-state index contributed by atoms with van der Waals surface area (Å²) in [5, 5.41) is 7.83. The van der Waals surface area contributed by atoms with Crippen molar-refractivity contribution < 1.29 is 7.96 Å². The molecule has 0 aliphatic heterocycles.